The average molecular weight is 252 g/mol. The molecule has 0 saturated heterocycles. The van der Waals surface area contributed by atoms with Crippen LogP contribution in [0.3, 0.4) is 0 Å². The van der Waals surface area contributed by atoms with Crippen molar-refractivity contribution in [2.24, 2.45) is 0 Å². The molecule has 2 aromatic heterocycles. The summed E-state index contributed by atoms with van der Waals surface area (Å²) in [6, 6.07) is 7.82. The van der Waals surface area contributed by atoms with Gasteiger partial charge in [-0.25, -0.2) is 0 Å². The van der Waals surface area contributed by atoms with Crippen molar-refractivity contribution in [3.8, 4) is 0 Å². The lowest BCUT2D eigenvalue weighted by atomic mass is 10.2. The molecule has 3 heteroatoms. The Kier molecular flexibility index (Phi) is 4.59. The van der Waals surface area contributed by atoms with Crippen LogP contribution >= 0.6 is 0 Å². The van der Waals surface area contributed by atoms with Gasteiger partial charge in [0.1, 0.15) is 0 Å². The number of aromatic nitrogens is 2. The Morgan fingerprint density at radius 1 is 0.842 bits per heavy atom. The number of ether oxygens (including phenoxy) is 1. The topological polar surface area (TPSA) is 35.0 Å². The van der Waals surface area contributed by atoms with E-state index in [-0.39, 0.29) is 0 Å². The van der Waals surface area contributed by atoms with Gasteiger partial charge in [-0.05, 0) is 35.4 Å². The van der Waals surface area contributed by atoms with E-state index < -0.39 is 0 Å². The van der Waals surface area contributed by atoms with Gasteiger partial charge in [0.15, 0.2) is 0 Å². The number of nitrogens with zero attached hydrogens (tertiary/aromatic N) is 2. The second-order valence-electron chi connectivity index (χ2n) is 4.08. The van der Waals surface area contributed by atoms with Crippen molar-refractivity contribution in [3.05, 3.63) is 72.3 Å². The molecule has 0 fully saturated rings. The first-order chi connectivity index (χ1) is 9.31. The Morgan fingerprint density at radius 3 is 1.63 bits per heavy atom. The Labute approximate surface area is 113 Å². The first-order valence-corrected chi connectivity index (χ1v) is 6.04. The maximum absolute atomic E-state index is 5.62. The molecular weight excluding hydrogens is 236 g/mol. The van der Waals surface area contributed by atoms with Crippen molar-refractivity contribution in [2.75, 3.05) is 0 Å². The number of hydrogen-bond acceptors (Lipinski definition) is 3. The van der Waals surface area contributed by atoms with Crippen LogP contribution in [-0.4, -0.2) is 9.97 Å². The first kappa shape index (κ1) is 13.2. The molecule has 0 aliphatic carbocycles. The molecule has 2 heterocycles. The second kappa shape index (κ2) is 6.61. The minimum absolute atomic E-state index is 0.535. The molecule has 0 bridgehead atoms. The van der Waals surface area contributed by atoms with Crippen LogP contribution in [0.2, 0.25) is 0 Å². The van der Waals surface area contributed by atoms with Gasteiger partial charge in [0.2, 0.25) is 0 Å². The summed E-state index contributed by atoms with van der Waals surface area (Å²) in [6.45, 7) is 8.41. The van der Waals surface area contributed by atoms with Crippen LogP contribution < -0.4 is 0 Å². The van der Waals surface area contributed by atoms with Crippen molar-refractivity contribution < 1.29 is 4.74 Å². The maximum Gasteiger partial charge on any atom is 0.0736 e. The van der Waals surface area contributed by atoms with E-state index in [0.717, 1.165) is 22.5 Å². The van der Waals surface area contributed by atoms with Crippen LogP contribution in [0.4, 0.5) is 0 Å². The second-order valence-corrected chi connectivity index (χ2v) is 4.08. The van der Waals surface area contributed by atoms with Crippen LogP contribution in [0.15, 0.2) is 49.8 Å². The molecule has 0 aromatic carbocycles. The summed E-state index contributed by atoms with van der Waals surface area (Å²) in [5.41, 5.74) is 3.82. The van der Waals surface area contributed by atoms with Gasteiger partial charge in [-0.15, -0.1) is 0 Å². The normalized spacial score (nSPS) is 10.1. The minimum atomic E-state index is 0.535. The molecule has 0 saturated carbocycles. The fourth-order valence-corrected chi connectivity index (χ4v) is 1.57. The first-order valence-electron chi connectivity index (χ1n) is 6.04. The van der Waals surface area contributed by atoms with E-state index in [1.807, 2.05) is 24.3 Å². The molecule has 2 aromatic rings. The zero-order valence-corrected chi connectivity index (χ0v) is 10.7. The highest BCUT2D eigenvalue weighted by Gasteiger charge is 1.97. The largest absolute Gasteiger partial charge is 0.372 e. The van der Waals surface area contributed by atoms with Gasteiger partial charge >= 0.3 is 0 Å². The maximum atomic E-state index is 5.62. The third-order valence-corrected chi connectivity index (χ3v) is 2.65. The summed E-state index contributed by atoms with van der Waals surface area (Å²) in [4.78, 5) is 8.45. The highest BCUT2D eigenvalue weighted by Crippen LogP contribution is 2.07. The molecule has 0 spiro atoms. The molecular formula is C16H16N2O. The highest BCUT2D eigenvalue weighted by molar-refractivity contribution is 5.41. The minimum Gasteiger partial charge on any atom is -0.372 e. The molecule has 0 aliphatic heterocycles. The Bertz CT molecular complexity index is 492. The zero-order valence-electron chi connectivity index (χ0n) is 10.7. The standard InChI is InChI=1S/C16H16N2O/c1-3-15-7-5-13(9-17-15)11-19-12-14-6-8-16(4-2)18-10-14/h3-10H,1-2,11-12H2. The predicted octanol–water partition coefficient (Wildman–Crippen LogP) is 3.48. The summed E-state index contributed by atoms with van der Waals surface area (Å²) in [7, 11) is 0. The van der Waals surface area contributed by atoms with Crippen LogP contribution in [0.5, 0.6) is 0 Å². The van der Waals surface area contributed by atoms with Crippen molar-refractivity contribution >= 4 is 12.2 Å². The number of pyridine rings is 2. The van der Waals surface area contributed by atoms with Gasteiger partial charge in [-0.1, -0.05) is 25.3 Å². The van der Waals surface area contributed by atoms with Gasteiger partial charge in [-0.2, -0.15) is 0 Å². The lowest BCUT2D eigenvalue weighted by Gasteiger charge is -2.05. The fraction of sp³-hybridized carbons (Fsp3) is 0.125. The van der Waals surface area contributed by atoms with Crippen LogP contribution in [0.1, 0.15) is 22.5 Å². The molecule has 3 nitrogen and oxygen atoms in total. The van der Waals surface area contributed by atoms with Crippen molar-refractivity contribution in [1.29, 1.82) is 0 Å². The lowest BCUT2D eigenvalue weighted by Crippen LogP contribution is -1.96. The van der Waals surface area contributed by atoms with Gasteiger partial charge in [0.05, 0.1) is 24.6 Å². The molecule has 2 rings (SSSR count). The van der Waals surface area contributed by atoms with Crippen LogP contribution in [-0.2, 0) is 18.0 Å². The van der Waals surface area contributed by atoms with E-state index in [9.17, 15) is 0 Å². The lowest BCUT2D eigenvalue weighted by molar-refractivity contribution is 0.107. The average Bonchev–Trinajstić information content (AvgIpc) is 2.49. The quantitative estimate of drug-likeness (QED) is 0.789. The Morgan fingerprint density at radius 2 is 1.32 bits per heavy atom. The smallest absolute Gasteiger partial charge is 0.0736 e. The van der Waals surface area contributed by atoms with Gasteiger partial charge in [0.25, 0.3) is 0 Å². The third kappa shape index (κ3) is 3.86. The van der Waals surface area contributed by atoms with Crippen molar-refractivity contribution in [3.63, 3.8) is 0 Å². The molecule has 0 atom stereocenters. The van der Waals surface area contributed by atoms with Gasteiger partial charge in [0, 0.05) is 12.4 Å². The Hall–Kier alpha value is -2.26. The van der Waals surface area contributed by atoms with Crippen LogP contribution in [0, 0.1) is 0 Å². The molecule has 0 unspecified atom stereocenters. The zero-order chi connectivity index (χ0) is 13.5. The molecule has 0 aliphatic rings. The van der Waals surface area contributed by atoms with E-state index in [4.69, 9.17) is 4.74 Å². The van der Waals surface area contributed by atoms with E-state index in [2.05, 4.69) is 23.1 Å². The van der Waals surface area contributed by atoms with E-state index in [0.29, 0.717) is 13.2 Å². The van der Waals surface area contributed by atoms with E-state index in [1.165, 1.54) is 0 Å². The van der Waals surface area contributed by atoms with E-state index >= 15 is 0 Å². The fourth-order valence-electron chi connectivity index (χ4n) is 1.57. The molecule has 0 amide bonds. The summed E-state index contributed by atoms with van der Waals surface area (Å²) >= 11 is 0. The number of hydrogen-bond donors (Lipinski definition) is 0. The van der Waals surface area contributed by atoms with E-state index in [1.54, 1.807) is 24.5 Å². The summed E-state index contributed by atoms with van der Waals surface area (Å²) < 4.78 is 5.62. The van der Waals surface area contributed by atoms with Gasteiger partial charge < -0.3 is 4.74 Å². The summed E-state index contributed by atoms with van der Waals surface area (Å²) in [6.07, 6.45) is 7.04. The number of rotatable bonds is 6. The van der Waals surface area contributed by atoms with Crippen LogP contribution in [0.25, 0.3) is 12.2 Å². The van der Waals surface area contributed by atoms with Gasteiger partial charge in [-0.3, -0.25) is 9.97 Å². The molecule has 96 valence electrons. The summed E-state index contributed by atoms with van der Waals surface area (Å²) in [5, 5.41) is 0. The molecule has 19 heavy (non-hydrogen) atoms. The predicted molar refractivity (Wildman–Crippen MR) is 77.1 cm³/mol. The molecule has 0 N–H and O–H groups in total. The summed E-state index contributed by atoms with van der Waals surface area (Å²) in [5.74, 6) is 0. The third-order valence-electron chi connectivity index (χ3n) is 2.65. The van der Waals surface area contributed by atoms with Crippen molar-refractivity contribution in [1.82, 2.24) is 9.97 Å². The Balaban J connectivity index is 1.84. The monoisotopic (exact) mass is 252 g/mol. The highest BCUT2D eigenvalue weighted by atomic mass is 16.5. The SMILES string of the molecule is C=Cc1ccc(COCc2ccc(C=C)nc2)cn1. The van der Waals surface area contributed by atoms with Crippen molar-refractivity contribution in [2.45, 2.75) is 13.2 Å². The molecule has 0 radical (unpaired) electrons.